The van der Waals surface area contributed by atoms with Crippen LogP contribution in [0.3, 0.4) is 0 Å². The van der Waals surface area contributed by atoms with Crippen molar-refractivity contribution in [1.82, 2.24) is 10.6 Å². The monoisotopic (exact) mass is 278 g/mol. The second-order valence-electron chi connectivity index (χ2n) is 4.86. The first-order valence-corrected chi connectivity index (χ1v) is 6.45. The minimum absolute atomic E-state index is 0. The zero-order valence-electron chi connectivity index (χ0n) is 11.0. The van der Waals surface area contributed by atoms with Crippen LogP contribution in [0.1, 0.15) is 26.7 Å². The van der Waals surface area contributed by atoms with Crippen LogP contribution in [-0.2, 0) is 14.3 Å². The molecule has 0 aromatic heterocycles. The molecule has 18 heavy (non-hydrogen) atoms. The Morgan fingerprint density at radius 1 is 1.39 bits per heavy atom. The molecule has 0 radical (unpaired) electrons. The molecule has 2 fully saturated rings. The quantitative estimate of drug-likeness (QED) is 0.788. The third-order valence-electron chi connectivity index (χ3n) is 3.49. The Morgan fingerprint density at radius 2 is 2.17 bits per heavy atom. The van der Waals surface area contributed by atoms with Crippen molar-refractivity contribution in [2.24, 2.45) is 0 Å². The van der Waals surface area contributed by atoms with Gasteiger partial charge < -0.3 is 20.1 Å². The summed E-state index contributed by atoms with van der Waals surface area (Å²) in [7, 11) is 0. The Bertz CT molecular complexity index is 272. The fourth-order valence-electron chi connectivity index (χ4n) is 2.43. The number of halogens is 1. The van der Waals surface area contributed by atoms with Crippen LogP contribution in [0.25, 0.3) is 0 Å². The van der Waals surface area contributed by atoms with Crippen LogP contribution in [0, 0.1) is 0 Å². The summed E-state index contributed by atoms with van der Waals surface area (Å²) in [5.74, 6) is 0.0141. The van der Waals surface area contributed by atoms with Crippen LogP contribution < -0.4 is 10.6 Å². The van der Waals surface area contributed by atoms with Gasteiger partial charge in [0.15, 0.2) is 0 Å². The summed E-state index contributed by atoms with van der Waals surface area (Å²) in [6.07, 6.45) is 2.22. The van der Waals surface area contributed by atoms with Gasteiger partial charge in [0.25, 0.3) is 0 Å². The van der Waals surface area contributed by atoms with Crippen LogP contribution in [0.15, 0.2) is 0 Å². The summed E-state index contributed by atoms with van der Waals surface area (Å²) in [6.45, 7) is 6.14. The average molecular weight is 279 g/mol. The van der Waals surface area contributed by atoms with Crippen LogP contribution in [0.5, 0.6) is 0 Å². The van der Waals surface area contributed by atoms with Gasteiger partial charge in [-0.05, 0) is 26.7 Å². The third kappa shape index (κ3) is 3.82. The number of amides is 1. The van der Waals surface area contributed by atoms with Gasteiger partial charge in [0.1, 0.15) is 6.04 Å². The Hall–Kier alpha value is -0.360. The van der Waals surface area contributed by atoms with Gasteiger partial charge in [-0.2, -0.15) is 0 Å². The number of hydrogen-bond donors (Lipinski definition) is 2. The molecule has 5 nitrogen and oxygen atoms in total. The summed E-state index contributed by atoms with van der Waals surface area (Å²) in [5, 5.41) is 6.20. The molecule has 2 rings (SSSR count). The van der Waals surface area contributed by atoms with Crippen molar-refractivity contribution in [3.63, 3.8) is 0 Å². The Kier molecular flexibility index (Phi) is 6.35. The highest BCUT2D eigenvalue weighted by atomic mass is 35.5. The van der Waals surface area contributed by atoms with Gasteiger partial charge in [-0.15, -0.1) is 12.4 Å². The normalized spacial score (nSPS) is 33.6. The number of carbonyl (C=O) groups is 1. The maximum Gasteiger partial charge on any atom is 0.240 e. The summed E-state index contributed by atoms with van der Waals surface area (Å²) in [5.41, 5.74) is 0. The maximum atomic E-state index is 12.1. The van der Waals surface area contributed by atoms with Crippen LogP contribution in [0.4, 0.5) is 0 Å². The lowest BCUT2D eigenvalue weighted by atomic mass is 10.1. The number of nitrogens with one attached hydrogen (secondary N) is 2. The molecule has 4 atom stereocenters. The predicted molar refractivity (Wildman–Crippen MR) is 71.0 cm³/mol. The number of morpholine rings is 1. The van der Waals surface area contributed by atoms with E-state index in [2.05, 4.69) is 10.6 Å². The van der Waals surface area contributed by atoms with E-state index in [4.69, 9.17) is 9.47 Å². The largest absolute Gasteiger partial charge is 0.376 e. The van der Waals surface area contributed by atoms with Gasteiger partial charge in [0.05, 0.1) is 24.9 Å². The fourth-order valence-corrected chi connectivity index (χ4v) is 2.43. The van der Waals surface area contributed by atoms with E-state index < -0.39 is 0 Å². The van der Waals surface area contributed by atoms with E-state index in [1.54, 1.807) is 0 Å². The summed E-state index contributed by atoms with van der Waals surface area (Å²) in [4.78, 5) is 12.1. The highest BCUT2D eigenvalue weighted by Crippen LogP contribution is 2.15. The van der Waals surface area contributed by atoms with Crippen molar-refractivity contribution in [2.45, 2.75) is 51.0 Å². The van der Waals surface area contributed by atoms with Gasteiger partial charge in [0, 0.05) is 13.2 Å². The molecule has 0 aliphatic carbocycles. The predicted octanol–water partition coefficient (Wildman–Crippen LogP) is 0.469. The van der Waals surface area contributed by atoms with Gasteiger partial charge in [-0.1, -0.05) is 0 Å². The van der Waals surface area contributed by atoms with E-state index in [1.165, 1.54) is 0 Å². The van der Waals surface area contributed by atoms with Crippen molar-refractivity contribution in [3.8, 4) is 0 Å². The minimum Gasteiger partial charge on any atom is -0.376 e. The molecule has 2 unspecified atom stereocenters. The van der Waals surface area contributed by atoms with Gasteiger partial charge in [0.2, 0.25) is 5.91 Å². The molecular weight excluding hydrogens is 256 g/mol. The van der Waals surface area contributed by atoms with Crippen molar-refractivity contribution >= 4 is 18.3 Å². The van der Waals surface area contributed by atoms with E-state index in [1.807, 2.05) is 13.8 Å². The third-order valence-corrected chi connectivity index (χ3v) is 3.49. The van der Waals surface area contributed by atoms with E-state index >= 15 is 0 Å². The molecular formula is C12H23ClN2O3. The zero-order valence-corrected chi connectivity index (χ0v) is 11.8. The van der Waals surface area contributed by atoms with E-state index in [-0.39, 0.29) is 42.6 Å². The molecule has 0 bridgehead atoms. The molecule has 2 heterocycles. The van der Waals surface area contributed by atoms with Crippen molar-refractivity contribution < 1.29 is 14.3 Å². The lowest BCUT2D eigenvalue weighted by molar-refractivity contribution is -0.130. The fraction of sp³-hybridized carbons (Fsp3) is 0.917. The van der Waals surface area contributed by atoms with Crippen molar-refractivity contribution in [2.75, 3.05) is 19.8 Å². The van der Waals surface area contributed by atoms with Crippen LogP contribution in [0.2, 0.25) is 0 Å². The van der Waals surface area contributed by atoms with Crippen molar-refractivity contribution in [3.05, 3.63) is 0 Å². The Morgan fingerprint density at radius 3 is 2.78 bits per heavy atom. The molecule has 2 saturated heterocycles. The van der Waals surface area contributed by atoms with E-state index in [0.29, 0.717) is 6.61 Å². The topological polar surface area (TPSA) is 59.6 Å². The lowest BCUT2D eigenvalue weighted by Crippen LogP contribution is -2.57. The second-order valence-corrected chi connectivity index (χ2v) is 4.86. The molecule has 1 amide bonds. The van der Waals surface area contributed by atoms with Crippen molar-refractivity contribution in [1.29, 1.82) is 0 Å². The summed E-state index contributed by atoms with van der Waals surface area (Å²) in [6, 6.07) is -0.173. The number of carbonyl (C=O) groups excluding carboxylic acids is 1. The standard InChI is InChI=1S/C12H22N2O3.ClH/c1-8(10-4-3-6-17-10)14-12(15)11-9(2)16-7-5-13-11;/h8-11,13H,3-7H2,1-2H3,(H,14,15);1H/t8?,9-,10?,11+;/m1./s1. The lowest BCUT2D eigenvalue weighted by Gasteiger charge is -2.31. The molecule has 106 valence electrons. The molecule has 2 aliphatic heterocycles. The van der Waals surface area contributed by atoms with Crippen LogP contribution >= 0.6 is 12.4 Å². The Labute approximate surface area is 114 Å². The van der Waals surface area contributed by atoms with Gasteiger partial charge in [-0.3, -0.25) is 4.79 Å². The number of ether oxygens (including phenoxy) is 2. The first-order chi connectivity index (χ1) is 8.18. The van der Waals surface area contributed by atoms with Gasteiger partial charge in [-0.25, -0.2) is 0 Å². The highest BCUT2D eigenvalue weighted by molar-refractivity contribution is 5.85. The smallest absolute Gasteiger partial charge is 0.240 e. The zero-order chi connectivity index (χ0) is 12.3. The first kappa shape index (κ1) is 15.7. The molecule has 6 heteroatoms. The van der Waals surface area contributed by atoms with Gasteiger partial charge >= 0.3 is 0 Å². The molecule has 0 saturated carbocycles. The molecule has 0 aromatic rings. The number of rotatable bonds is 3. The van der Waals surface area contributed by atoms with E-state index in [9.17, 15) is 4.79 Å². The Balaban J connectivity index is 0.00000162. The first-order valence-electron chi connectivity index (χ1n) is 6.45. The second kappa shape index (κ2) is 7.28. The molecule has 0 aromatic carbocycles. The maximum absolute atomic E-state index is 12.1. The molecule has 2 aliphatic rings. The molecule has 2 N–H and O–H groups in total. The van der Waals surface area contributed by atoms with E-state index in [0.717, 1.165) is 26.0 Å². The van der Waals surface area contributed by atoms with Crippen LogP contribution in [-0.4, -0.2) is 50.0 Å². The summed E-state index contributed by atoms with van der Waals surface area (Å²) < 4.78 is 11.0. The SMILES string of the molecule is CC(NC(=O)[C@H]1NCCO[C@@H]1C)C1CCCO1.Cl. The number of hydrogen-bond acceptors (Lipinski definition) is 4. The highest BCUT2D eigenvalue weighted by Gasteiger charge is 2.31. The average Bonchev–Trinajstić information content (AvgIpc) is 2.82. The minimum atomic E-state index is -0.243. The summed E-state index contributed by atoms with van der Waals surface area (Å²) >= 11 is 0. The molecule has 0 spiro atoms.